The lowest BCUT2D eigenvalue weighted by molar-refractivity contribution is -0.132. The first-order valence-corrected chi connectivity index (χ1v) is 17.7. The van der Waals surface area contributed by atoms with Gasteiger partial charge in [0.15, 0.2) is 15.8 Å². The highest BCUT2D eigenvalue weighted by Gasteiger charge is 2.48. The lowest BCUT2D eigenvalue weighted by atomic mass is 9.95. The number of anilines is 1. The van der Waals surface area contributed by atoms with Crippen LogP contribution < -0.4 is 19.1 Å². The maximum Gasteiger partial charge on any atom is 0.301 e. The van der Waals surface area contributed by atoms with Crippen molar-refractivity contribution in [2.24, 2.45) is 0 Å². The topological polar surface area (TPSA) is 111 Å². The van der Waals surface area contributed by atoms with Gasteiger partial charge in [-0.25, -0.2) is 0 Å². The molecule has 1 aliphatic rings. The van der Waals surface area contributed by atoms with Gasteiger partial charge in [0, 0.05) is 16.3 Å². The Hall–Kier alpha value is -4.06. The van der Waals surface area contributed by atoms with Gasteiger partial charge in [-0.1, -0.05) is 72.7 Å². The van der Waals surface area contributed by atoms with E-state index in [4.69, 9.17) is 25.8 Å². The highest BCUT2D eigenvalue weighted by atomic mass is 35.5. The quantitative estimate of drug-likeness (QED) is 0.0327. The number of halogens is 1. The van der Waals surface area contributed by atoms with E-state index >= 15 is 0 Å². The molecule has 2 heterocycles. The molecule has 0 saturated carbocycles. The summed E-state index contributed by atoms with van der Waals surface area (Å²) in [7, 11) is 0. The SMILES string of the molecule is CCCCCOc1ccc(C2C(=C(O)c3ccc(OCC)cc3)C(=O)C(=O)N2c2nnc(SCc3ccc(Cl)cc3)s2)cc1OCC. The summed E-state index contributed by atoms with van der Waals surface area (Å²) in [5.74, 6) is 0.323. The summed E-state index contributed by atoms with van der Waals surface area (Å²) in [5.41, 5.74) is 1.90. The summed E-state index contributed by atoms with van der Waals surface area (Å²) >= 11 is 8.68. The van der Waals surface area contributed by atoms with Crippen molar-refractivity contribution in [3.8, 4) is 17.2 Å². The van der Waals surface area contributed by atoms with E-state index in [0.717, 1.165) is 24.8 Å². The first kappa shape index (κ1) is 34.3. The Morgan fingerprint density at radius 3 is 2.36 bits per heavy atom. The third-order valence-electron chi connectivity index (χ3n) is 7.35. The predicted octanol–water partition coefficient (Wildman–Crippen LogP) is 8.48. The second-order valence-corrected chi connectivity index (χ2v) is 13.2. The van der Waals surface area contributed by atoms with Crippen LogP contribution in [0.2, 0.25) is 5.02 Å². The van der Waals surface area contributed by atoms with Gasteiger partial charge in [0.2, 0.25) is 5.13 Å². The molecule has 0 radical (unpaired) electrons. The number of hydrogen-bond acceptors (Lipinski definition) is 10. The fraction of sp³-hybridized carbons (Fsp3) is 0.314. The molecule has 0 aliphatic carbocycles. The first-order chi connectivity index (χ1) is 22.8. The van der Waals surface area contributed by atoms with Crippen LogP contribution in [-0.4, -0.2) is 46.8 Å². The second-order valence-electron chi connectivity index (χ2n) is 10.6. The molecule has 3 aromatic carbocycles. The van der Waals surface area contributed by atoms with Crippen molar-refractivity contribution in [3.05, 3.63) is 94.0 Å². The van der Waals surface area contributed by atoms with Crippen molar-refractivity contribution in [2.75, 3.05) is 24.7 Å². The molecule has 0 spiro atoms. The Morgan fingerprint density at radius 2 is 1.66 bits per heavy atom. The lowest BCUT2D eigenvalue weighted by Gasteiger charge is -2.23. The van der Waals surface area contributed by atoms with Gasteiger partial charge in [-0.05, 0) is 79.9 Å². The van der Waals surface area contributed by atoms with E-state index < -0.39 is 17.7 Å². The van der Waals surface area contributed by atoms with Gasteiger partial charge < -0.3 is 19.3 Å². The van der Waals surface area contributed by atoms with E-state index in [-0.39, 0.29) is 16.5 Å². The number of amides is 1. The molecule has 1 aromatic heterocycles. The van der Waals surface area contributed by atoms with E-state index in [9.17, 15) is 14.7 Å². The van der Waals surface area contributed by atoms with Crippen molar-refractivity contribution < 1.29 is 28.9 Å². The van der Waals surface area contributed by atoms with Crippen LogP contribution in [0.1, 0.15) is 62.8 Å². The van der Waals surface area contributed by atoms with Crippen LogP contribution in [-0.2, 0) is 15.3 Å². The fourth-order valence-electron chi connectivity index (χ4n) is 5.08. The molecule has 47 heavy (non-hydrogen) atoms. The summed E-state index contributed by atoms with van der Waals surface area (Å²) in [6, 6.07) is 18.5. The first-order valence-electron chi connectivity index (χ1n) is 15.5. The molecule has 1 unspecified atom stereocenters. The van der Waals surface area contributed by atoms with Crippen LogP contribution in [0.15, 0.2) is 76.6 Å². The number of ether oxygens (including phenoxy) is 3. The zero-order valence-electron chi connectivity index (χ0n) is 26.4. The number of ketones is 1. The van der Waals surface area contributed by atoms with Crippen LogP contribution in [0, 0.1) is 0 Å². The molecule has 1 amide bonds. The molecule has 0 bridgehead atoms. The lowest BCUT2D eigenvalue weighted by Crippen LogP contribution is -2.29. The third-order valence-corrected chi connectivity index (χ3v) is 9.73. The zero-order chi connectivity index (χ0) is 33.3. The van der Waals surface area contributed by atoms with Crippen molar-refractivity contribution in [1.82, 2.24) is 10.2 Å². The van der Waals surface area contributed by atoms with E-state index in [0.29, 0.717) is 63.3 Å². The molecule has 1 fully saturated rings. The number of aromatic nitrogens is 2. The molecular formula is C35H36ClN3O6S2. The molecule has 1 N–H and O–H groups in total. The number of nitrogens with zero attached hydrogens (tertiary/aromatic N) is 3. The summed E-state index contributed by atoms with van der Waals surface area (Å²) in [6.45, 7) is 7.27. The highest BCUT2D eigenvalue weighted by Crippen LogP contribution is 2.46. The average Bonchev–Trinajstić information content (AvgIpc) is 3.65. The highest BCUT2D eigenvalue weighted by molar-refractivity contribution is 8.00. The summed E-state index contributed by atoms with van der Waals surface area (Å²) < 4.78 is 18.1. The van der Waals surface area contributed by atoms with Crippen LogP contribution in [0.4, 0.5) is 5.13 Å². The number of aliphatic hydroxyl groups excluding tert-OH is 1. The number of carbonyl (C=O) groups excluding carboxylic acids is 2. The van der Waals surface area contributed by atoms with Crippen LogP contribution in [0.5, 0.6) is 17.2 Å². The second kappa shape index (κ2) is 16.2. The molecule has 9 nitrogen and oxygen atoms in total. The Labute approximate surface area is 287 Å². The molecule has 4 aromatic rings. The Balaban J connectivity index is 1.54. The molecule has 246 valence electrons. The number of thioether (sulfide) groups is 1. The maximum absolute atomic E-state index is 13.8. The average molecular weight is 694 g/mol. The molecule has 1 aliphatic heterocycles. The summed E-state index contributed by atoms with van der Waals surface area (Å²) in [4.78, 5) is 28.8. The minimum Gasteiger partial charge on any atom is -0.507 e. The standard InChI is InChI=1S/C35H36ClN3O6S2/c1-4-7-8-19-45-27-18-13-24(20-28(27)44-6-3)30-29(31(40)23-11-16-26(17-12-23)43-5-2)32(41)33(42)39(30)34-37-38-35(47-34)46-21-22-9-14-25(36)15-10-22/h9-18,20,30,40H,4-8,19,21H2,1-3H3. The normalized spacial score (nSPS) is 15.7. The van der Waals surface area contributed by atoms with E-state index in [1.807, 2.05) is 38.1 Å². The smallest absolute Gasteiger partial charge is 0.301 e. The third kappa shape index (κ3) is 8.09. The van der Waals surface area contributed by atoms with Gasteiger partial charge in [0.05, 0.1) is 31.4 Å². The van der Waals surface area contributed by atoms with E-state index in [1.165, 1.54) is 28.0 Å². The fourth-order valence-corrected chi connectivity index (χ4v) is 7.03. The van der Waals surface area contributed by atoms with Crippen molar-refractivity contribution in [3.63, 3.8) is 0 Å². The number of Topliss-reactive ketones (excluding diaryl/α,β-unsaturated/α-hetero) is 1. The minimum atomic E-state index is -1.00. The number of unbranched alkanes of at least 4 members (excludes halogenated alkanes) is 2. The maximum atomic E-state index is 13.8. The molecular weight excluding hydrogens is 658 g/mol. The Kier molecular flexibility index (Phi) is 11.8. The Bertz CT molecular complexity index is 1730. The zero-order valence-corrected chi connectivity index (χ0v) is 28.8. The number of rotatable bonds is 15. The van der Waals surface area contributed by atoms with Gasteiger partial charge in [-0.2, -0.15) is 0 Å². The van der Waals surface area contributed by atoms with Crippen LogP contribution >= 0.6 is 34.7 Å². The Morgan fingerprint density at radius 1 is 0.915 bits per heavy atom. The van der Waals surface area contributed by atoms with E-state index in [2.05, 4.69) is 17.1 Å². The minimum absolute atomic E-state index is 0.0659. The van der Waals surface area contributed by atoms with Gasteiger partial charge in [-0.15, -0.1) is 10.2 Å². The summed E-state index contributed by atoms with van der Waals surface area (Å²) in [5, 5.41) is 21.1. The van der Waals surface area contributed by atoms with Gasteiger partial charge in [-0.3, -0.25) is 14.5 Å². The van der Waals surface area contributed by atoms with Crippen molar-refractivity contribution in [2.45, 2.75) is 56.2 Å². The molecule has 5 rings (SSSR count). The van der Waals surface area contributed by atoms with Crippen molar-refractivity contribution in [1.29, 1.82) is 0 Å². The van der Waals surface area contributed by atoms with Crippen LogP contribution in [0.3, 0.4) is 0 Å². The predicted molar refractivity (Wildman–Crippen MR) is 186 cm³/mol. The summed E-state index contributed by atoms with van der Waals surface area (Å²) in [6.07, 6.45) is 3.02. The number of carbonyl (C=O) groups is 2. The van der Waals surface area contributed by atoms with Gasteiger partial charge in [0.1, 0.15) is 11.5 Å². The van der Waals surface area contributed by atoms with Gasteiger partial charge in [0.25, 0.3) is 5.78 Å². The number of hydrogen-bond donors (Lipinski definition) is 1. The number of aliphatic hydroxyl groups is 1. The monoisotopic (exact) mass is 693 g/mol. The molecule has 1 saturated heterocycles. The molecule has 1 atom stereocenters. The van der Waals surface area contributed by atoms with Crippen molar-refractivity contribution >= 4 is 57.3 Å². The number of benzene rings is 3. The van der Waals surface area contributed by atoms with Gasteiger partial charge >= 0.3 is 5.91 Å². The molecule has 12 heteroatoms. The largest absolute Gasteiger partial charge is 0.507 e. The van der Waals surface area contributed by atoms with E-state index in [1.54, 1.807) is 42.5 Å². The van der Waals surface area contributed by atoms with Crippen LogP contribution in [0.25, 0.3) is 5.76 Å².